The van der Waals surface area contributed by atoms with Gasteiger partial charge in [-0.05, 0) is 16.7 Å². The molecule has 3 rings (SSSR count). The molecule has 1 unspecified atom stereocenters. The summed E-state index contributed by atoms with van der Waals surface area (Å²) in [7, 11) is 0. The van der Waals surface area contributed by atoms with Crippen molar-refractivity contribution >= 4 is 5.91 Å². The maximum absolute atomic E-state index is 13.2. The van der Waals surface area contributed by atoms with E-state index < -0.39 is 30.8 Å². The highest BCUT2D eigenvalue weighted by molar-refractivity contribution is 5.82. The van der Waals surface area contributed by atoms with E-state index in [0.717, 1.165) is 16.7 Å². The van der Waals surface area contributed by atoms with Gasteiger partial charge in [0.1, 0.15) is 0 Å². The second kappa shape index (κ2) is 8.38. The third-order valence-corrected chi connectivity index (χ3v) is 4.26. The second-order valence-corrected chi connectivity index (χ2v) is 6.51. The van der Waals surface area contributed by atoms with E-state index in [4.69, 9.17) is 4.74 Å². The van der Waals surface area contributed by atoms with Crippen LogP contribution in [0.4, 0.5) is 8.78 Å². The molecule has 0 aliphatic carbocycles. The number of ether oxygens (including phenoxy) is 1. The van der Waals surface area contributed by atoms with Gasteiger partial charge in [0.2, 0.25) is 5.91 Å². The van der Waals surface area contributed by atoms with Gasteiger partial charge in [0, 0.05) is 13.0 Å². The molecule has 0 spiro atoms. The lowest BCUT2D eigenvalue weighted by atomic mass is 10.1. The number of amides is 1. The molecule has 1 heterocycles. The van der Waals surface area contributed by atoms with E-state index in [2.05, 4.69) is 10.6 Å². The Balaban J connectivity index is 1.46. The Morgan fingerprint density at radius 3 is 2.50 bits per heavy atom. The van der Waals surface area contributed by atoms with Gasteiger partial charge in [-0.25, -0.2) is 8.78 Å². The first kappa shape index (κ1) is 18.5. The fourth-order valence-electron chi connectivity index (χ4n) is 2.90. The van der Waals surface area contributed by atoms with Crippen LogP contribution in [0, 0.1) is 0 Å². The highest BCUT2D eigenvalue weighted by atomic mass is 19.3. The van der Waals surface area contributed by atoms with Gasteiger partial charge in [0.25, 0.3) is 5.92 Å². The molecule has 0 aromatic heterocycles. The minimum absolute atomic E-state index is 0.301. The molecule has 1 atom stereocenters. The molecule has 26 heavy (non-hydrogen) atoms. The van der Waals surface area contributed by atoms with Crippen molar-refractivity contribution in [1.82, 2.24) is 10.6 Å². The second-order valence-electron chi connectivity index (χ2n) is 6.51. The molecule has 0 radical (unpaired) electrons. The summed E-state index contributed by atoms with van der Waals surface area (Å²) in [5.74, 6) is -3.20. The Kier molecular flexibility index (Phi) is 5.96. The summed E-state index contributed by atoms with van der Waals surface area (Å²) in [6, 6.07) is 16.8. The highest BCUT2D eigenvalue weighted by Gasteiger charge is 2.42. The first-order valence-corrected chi connectivity index (χ1v) is 8.60. The van der Waals surface area contributed by atoms with Crippen LogP contribution in [-0.2, 0) is 29.3 Å². The molecule has 1 aliphatic rings. The molecule has 1 saturated heterocycles. The van der Waals surface area contributed by atoms with Crippen molar-refractivity contribution in [3.63, 3.8) is 0 Å². The van der Waals surface area contributed by atoms with Gasteiger partial charge in [-0.3, -0.25) is 10.1 Å². The summed E-state index contributed by atoms with van der Waals surface area (Å²) in [6.45, 7) is 0.852. The van der Waals surface area contributed by atoms with Gasteiger partial charge in [-0.15, -0.1) is 0 Å². The standard InChI is InChI=1S/C20H22F2N2O2/c21-20(22)10-18(24-14-20)19(25)23-11-16-7-4-8-17(9-16)13-26-12-15-5-2-1-3-6-15/h1-9,18,24H,10-14H2,(H,23,25). The van der Waals surface area contributed by atoms with E-state index in [0.29, 0.717) is 19.8 Å². The summed E-state index contributed by atoms with van der Waals surface area (Å²) >= 11 is 0. The Morgan fingerprint density at radius 1 is 1.08 bits per heavy atom. The van der Waals surface area contributed by atoms with E-state index >= 15 is 0 Å². The lowest BCUT2D eigenvalue weighted by Crippen LogP contribution is -2.40. The number of benzene rings is 2. The molecular weight excluding hydrogens is 338 g/mol. The van der Waals surface area contributed by atoms with Crippen molar-refractivity contribution in [3.8, 4) is 0 Å². The van der Waals surface area contributed by atoms with Crippen LogP contribution in [0.1, 0.15) is 23.1 Å². The smallest absolute Gasteiger partial charge is 0.262 e. The molecule has 0 saturated carbocycles. The monoisotopic (exact) mass is 360 g/mol. The van der Waals surface area contributed by atoms with Crippen LogP contribution in [0.15, 0.2) is 54.6 Å². The fraction of sp³-hybridized carbons (Fsp3) is 0.350. The number of hydrogen-bond acceptors (Lipinski definition) is 3. The quantitative estimate of drug-likeness (QED) is 0.798. The molecule has 0 bridgehead atoms. The molecular formula is C20H22F2N2O2. The Morgan fingerprint density at radius 2 is 1.77 bits per heavy atom. The maximum atomic E-state index is 13.2. The lowest BCUT2D eigenvalue weighted by Gasteiger charge is -2.12. The number of alkyl halides is 2. The number of rotatable bonds is 7. The average molecular weight is 360 g/mol. The van der Waals surface area contributed by atoms with Gasteiger partial charge in [0.05, 0.1) is 25.8 Å². The Labute approximate surface area is 151 Å². The van der Waals surface area contributed by atoms with Crippen molar-refractivity contribution in [1.29, 1.82) is 0 Å². The molecule has 138 valence electrons. The largest absolute Gasteiger partial charge is 0.372 e. The summed E-state index contributed by atoms with van der Waals surface area (Å²) in [5.41, 5.74) is 3.01. The van der Waals surface area contributed by atoms with E-state index in [9.17, 15) is 13.6 Å². The van der Waals surface area contributed by atoms with Crippen molar-refractivity contribution < 1.29 is 18.3 Å². The Hall–Kier alpha value is -2.31. The van der Waals surface area contributed by atoms with Crippen LogP contribution in [0.2, 0.25) is 0 Å². The normalized spacial score (nSPS) is 18.6. The molecule has 6 heteroatoms. The molecule has 2 aromatic rings. The van der Waals surface area contributed by atoms with Gasteiger partial charge < -0.3 is 10.1 Å². The SMILES string of the molecule is O=C(NCc1cccc(COCc2ccccc2)c1)C1CC(F)(F)CN1. The van der Waals surface area contributed by atoms with Gasteiger partial charge in [-0.1, -0.05) is 54.6 Å². The summed E-state index contributed by atoms with van der Waals surface area (Å²) in [6.07, 6.45) is -0.452. The minimum atomic E-state index is -2.81. The maximum Gasteiger partial charge on any atom is 0.262 e. The van der Waals surface area contributed by atoms with E-state index in [1.807, 2.05) is 54.6 Å². The van der Waals surface area contributed by atoms with Crippen molar-refractivity contribution in [2.75, 3.05) is 6.54 Å². The minimum Gasteiger partial charge on any atom is -0.372 e. The summed E-state index contributed by atoms with van der Waals surface area (Å²) in [4.78, 5) is 12.0. The van der Waals surface area contributed by atoms with E-state index in [-0.39, 0.29) is 0 Å². The molecule has 1 fully saturated rings. The van der Waals surface area contributed by atoms with Crippen LogP contribution in [0.25, 0.3) is 0 Å². The third kappa shape index (κ3) is 5.34. The number of hydrogen-bond donors (Lipinski definition) is 2. The molecule has 1 amide bonds. The van der Waals surface area contributed by atoms with Crippen molar-refractivity contribution in [2.24, 2.45) is 0 Å². The van der Waals surface area contributed by atoms with Gasteiger partial charge in [0.15, 0.2) is 0 Å². The van der Waals surface area contributed by atoms with Crippen LogP contribution in [0.5, 0.6) is 0 Å². The predicted octanol–water partition coefficient (Wildman–Crippen LogP) is 3.02. The van der Waals surface area contributed by atoms with E-state index in [1.165, 1.54) is 0 Å². The zero-order valence-corrected chi connectivity index (χ0v) is 14.4. The molecule has 2 aromatic carbocycles. The third-order valence-electron chi connectivity index (χ3n) is 4.26. The predicted molar refractivity (Wildman–Crippen MR) is 94.6 cm³/mol. The lowest BCUT2D eigenvalue weighted by molar-refractivity contribution is -0.123. The summed E-state index contributed by atoms with van der Waals surface area (Å²) in [5, 5.41) is 5.27. The topological polar surface area (TPSA) is 50.4 Å². The van der Waals surface area contributed by atoms with Gasteiger partial charge in [-0.2, -0.15) is 0 Å². The first-order valence-electron chi connectivity index (χ1n) is 8.60. The van der Waals surface area contributed by atoms with Crippen LogP contribution < -0.4 is 10.6 Å². The van der Waals surface area contributed by atoms with Crippen LogP contribution in [0.3, 0.4) is 0 Å². The zero-order chi connectivity index (χ0) is 18.4. The Bertz CT molecular complexity index is 738. The van der Waals surface area contributed by atoms with Gasteiger partial charge >= 0.3 is 0 Å². The molecule has 1 aliphatic heterocycles. The number of carbonyl (C=O) groups excluding carboxylic acids is 1. The molecule has 4 nitrogen and oxygen atoms in total. The molecule has 2 N–H and O–H groups in total. The number of nitrogens with one attached hydrogen (secondary N) is 2. The summed E-state index contributed by atoms with van der Waals surface area (Å²) < 4.78 is 32.0. The van der Waals surface area contributed by atoms with E-state index in [1.54, 1.807) is 0 Å². The number of halogens is 2. The fourth-order valence-corrected chi connectivity index (χ4v) is 2.90. The van der Waals surface area contributed by atoms with Crippen LogP contribution in [-0.4, -0.2) is 24.4 Å². The average Bonchev–Trinajstić information content (AvgIpc) is 3.01. The number of carbonyl (C=O) groups is 1. The highest BCUT2D eigenvalue weighted by Crippen LogP contribution is 2.25. The van der Waals surface area contributed by atoms with Crippen LogP contribution >= 0.6 is 0 Å². The van der Waals surface area contributed by atoms with Crippen molar-refractivity contribution in [3.05, 3.63) is 71.3 Å². The van der Waals surface area contributed by atoms with Crippen molar-refractivity contribution in [2.45, 2.75) is 38.1 Å². The first-order chi connectivity index (χ1) is 12.5. The zero-order valence-electron chi connectivity index (χ0n) is 14.4.